The highest BCUT2D eigenvalue weighted by molar-refractivity contribution is 7.89. The number of nitrogens with one attached hydrogen (secondary N) is 2. The molecule has 1 saturated heterocycles. The number of aryl methyl sites for hydroxylation is 1. The van der Waals surface area contributed by atoms with Gasteiger partial charge in [-0.15, -0.1) is 0 Å². The molecule has 7 nitrogen and oxygen atoms in total. The number of rotatable bonds is 7. The number of nitrogens with zero attached hydrogens (tertiary/aromatic N) is 1. The van der Waals surface area contributed by atoms with Gasteiger partial charge < -0.3 is 10.6 Å². The first-order valence-electron chi connectivity index (χ1n) is 10.6. The van der Waals surface area contributed by atoms with Gasteiger partial charge in [0, 0.05) is 25.7 Å². The first kappa shape index (κ1) is 23.0. The van der Waals surface area contributed by atoms with Crippen LogP contribution in [0.25, 0.3) is 0 Å². The van der Waals surface area contributed by atoms with Crippen LogP contribution in [0, 0.1) is 6.92 Å². The lowest BCUT2D eigenvalue weighted by Gasteiger charge is -2.34. The van der Waals surface area contributed by atoms with Crippen molar-refractivity contribution >= 4 is 21.8 Å². The smallest absolute Gasteiger partial charge is 0.309 e. The number of hydrogen-bond acceptors (Lipinski definition) is 4. The summed E-state index contributed by atoms with van der Waals surface area (Å²) < 4.78 is 27.6. The molecular weight excluding hydrogens is 414 g/mol. The molecule has 1 atom stereocenters. The van der Waals surface area contributed by atoms with Crippen LogP contribution in [0.3, 0.4) is 0 Å². The van der Waals surface area contributed by atoms with Gasteiger partial charge in [-0.3, -0.25) is 9.59 Å². The van der Waals surface area contributed by atoms with Crippen LogP contribution in [0.5, 0.6) is 0 Å². The van der Waals surface area contributed by atoms with Gasteiger partial charge >= 0.3 is 11.8 Å². The molecule has 166 valence electrons. The zero-order chi connectivity index (χ0) is 22.3. The standard InChI is InChI=1S/C23H29N3O4S/c1-18-10-12-19(13-11-18)17-25-23(28)22(27)24-15-14-20-7-5-6-16-26(20)31(29,30)21-8-3-2-4-9-21/h2-4,8-13,20H,5-7,14-17H2,1H3,(H,24,27)(H,25,28)/t20-/m0/s1. The van der Waals surface area contributed by atoms with Crippen LogP contribution >= 0.6 is 0 Å². The lowest BCUT2D eigenvalue weighted by molar-refractivity contribution is -0.139. The number of amides is 2. The molecule has 0 saturated carbocycles. The van der Waals surface area contributed by atoms with Crippen LogP contribution < -0.4 is 10.6 Å². The van der Waals surface area contributed by atoms with E-state index < -0.39 is 21.8 Å². The molecule has 31 heavy (non-hydrogen) atoms. The third-order valence-corrected chi connectivity index (χ3v) is 7.43. The minimum absolute atomic E-state index is 0.199. The van der Waals surface area contributed by atoms with Crippen molar-refractivity contribution in [1.82, 2.24) is 14.9 Å². The molecule has 0 spiro atoms. The van der Waals surface area contributed by atoms with Gasteiger partial charge in [-0.1, -0.05) is 54.4 Å². The fraction of sp³-hybridized carbons (Fsp3) is 0.391. The van der Waals surface area contributed by atoms with E-state index in [1.807, 2.05) is 31.2 Å². The van der Waals surface area contributed by atoms with Crippen molar-refractivity contribution < 1.29 is 18.0 Å². The normalized spacial score (nSPS) is 17.1. The van der Waals surface area contributed by atoms with Crippen molar-refractivity contribution in [2.75, 3.05) is 13.1 Å². The van der Waals surface area contributed by atoms with E-state index in [2.05, 4.69) is 10.6 Å². The van der Waals surface area contributed by atoms with E-state index in [4.69, 9.17) is 0 Å². The van der Waals surface area contributed by atoms with Gasteiger partial charge in [0.15, 0.2) is 0 Å². The van der Waals surface area contributed by atoms with Crippen molar-refractivity contribution in [2.24, 2.45) is 0 Å². The molecule has 2 aromatic carbocycles. The van der Waals surface area contributed by atoms with Crippen molar-refractivity contribution in [3.8, 4) is 0 Å². The fourth-order valence-electron chi connectivity index (χ4n) is 3.71. The Morgan fingerprint density at radius 3 is 2.35 bits per heavy atom. The van der Waals surface area contributed by atoms with Crippen LogP contribution in [0.15, 0.2) is 59.5 Å². The first-order chi connectivity index (χ1) is 14.9. The molecule has 1 aliphatic heterocycles. The summed E-state index contributed by atoms with van der Waals surface area (Å²) in [6.45, 7) is 2.96. The molecule has 3 rings (SSSR count). The van der Waals surface area contributed by atoms with Crippen molar-refractivity contribution in [1.29, 1.82) is 0 Å². The third-order valence-electron chi connectivity index (χ3n) is 5.47. The van der Waals surface area contributed by atoms with Crippen LogP contribution in [-0.4, -0.2) is 43.7 Å². The van der Waals surface area contributed by atoms with Crippen LogP contribution in [-0.2, 0) is 26.2 Å². The average Bonchev–Trinajstić information content (AvgIpc) is 2.79. The summed E-state index contributed by atoms with van der Waals surface area (Å²) >= 11 is 0. The number of hydrogen-bond donors (Lipinski definition) is 2. The molecule has 0 bridgehead atoms. The van der Waals surface area contributed by atoms with Crippen molar-refractivity contribution in [3.05, 3.63) is 65.7 Å². The molecule has 0 aliphatic carbocycles. The zero-order valence-corrected chi connectivity index (χ0v) is 18.5. The number of piperidine rings is 1. The summed E-state index contributed by atoms with van der Waals surface area (Å²) in [5.41, 5.74) is 2.04. The van der Waals surface area contributed by atoms with Gasteiger partial charge in [-0.05, 0) is 43.9 Å². The number of carbonyl (C=O) groups excluding carboxylic acids is 2. The van der Waals surface area contributed by atoms with Crippen LogP contribution in [0.1, 0.15) is 36.8 Å². The highest BCUT2D eigenvalue weighted by Crippen LogP contribution is 2.26. The van der Waals surface area contributed by atoms with E-state index >= 15 is 0 Å². The van der Waals surface area contributed by atoms with Gasteiger partial charge in [0.05, 0.1) is 4.90 Å². The summed E-state index contributed by atoms with van der Waals surface area (Å²) in [6, 6.07) is 15.9. The number of carbonyl (C=O) groups is 2. The predicted octanol–water partition coefficient (Wildman–Crippen LogP) is 2.36. The lowest BCUT2D eigenvalue weighted by Crippen LogP contribution is -2.46. The molecule has 1 fully saturated rings. The minimum atomic E-state index is -3.58. The summed E-state index contributed by atoms with van der Waals surface area (Å²) in [5, 5.41) is 5.22. The Morgan fingerprint density at radius 1 is 0.968 bits per heavy atom. The maximum Gasteiger partial charge on any atom is 0.309 e. The lowest BCUT2D eigenvalue weighted by atomic mass is 10.0. The highest BCUT2D eigenvalue weighted by atomic mass is 32.2. The second kappa shape index (κ2) is 10.5. The Kier molecular flexibility index (Phi) is 7.81. The van der Waals surface area contributed by atoms with E-state index in [9.17, 15) is 18.0 Å². The Bertz CT molecular complexity index is 991. The number of sulfonamides is 1. The Labute approximate surface area is 183 Å². The summed E-state index contributed by atoms with van der Waals surface area (Å²) in [5.74, 6) is -1.40. The summed E-state index contributed by atoms with van der Waals surface area (Å²) in [4.78, 5) is 24.4. The van der Waals surface area contributed by atoms with E-state index in [1.165, 1.54) is 4.31 Å². The molecule has 8 heteroatoms. The maximum atomic E-state index is 13.0. The van der Waals surface area contributed by atoms with Gasteiger partial charge in [0.2, 0.25) is 10.0 Å². The third kappa shape index (κ3) is 6.15. The molecule has 0 aromatic heterocycles. The molecule has 2 aromatic rings. The largest absolute Gasteiger partial charge is 0.348 e. The molecule has 0 radical (unpaired) electrons. The van der Waals surface area contributed by atoms with Crippen LogP contribution in [0.2, 0.25) is 0 Å². The Balaban J connectivity index is 1.50. The zero-order valence-electron chi connectivity index (χ0n) is 17.7. The van der Waals surface area contributed by atoms with Gasteiger partial charge in [0.25, 0.3) is 0 Å². The van der Waals surface area contributed by atoms with E-state index in [1.54, 1.807) is 30.3 Å². The monoisotopic (exact) mass is 443 g/mol. The molecule has 2 N–H and O–H groups in total. The quantitative estimate of drug-likeness (QED) is 0.642. The summed E-state index contributed by atoms with van der Waals surface area (Å²) in [7, 11) is -3.58. The molecule has 1 aliphatic rings. The fourth-order valence-corrected chi connectivity index (χ4v) is 5.45. The second-order valence-electron chi connectivity index (χ2n) is 7.79. The summed E-state index contributed by atoms with van der Waals surface area (Å²) in [6.07, 6.45) is 2.96. The van der Waals surface area contributed by atoms with E-state index in [-0.39, 0.29) is 24.0 Å². The van der Waals surface area contributed by atoms with Crippen LogP contribution in [0.4, 0.5) is 0 Å². The van der Waals surface area contributed by atoms with Gasteiger partial charge in [-0.25, -0.2) is 8.42 Å². The Hall–Kier alpha value is -2.71. The number of benzene rings is 2. The van der Waals surface area contributed by atoms with Gasteiger partial charge in [0.1, 0.15) is 0 Å². The molecule has 0 unspecified atom stereocenters. The van der Waals surface area contributed by atoms with Gasteiger partial charge in [-0.2, -0.15) is 4.31 Å². The SMILES string of the molecule is Cc1ccc(CNC(=O)C(=O)NCC[C@@H]2CCCCN2S(=O)(=O)c2ccccc2)cc1. The predicted molar refractivity (Wildman–Crippen MR) is 119 cm³/mol. The molecule has 2 amide bonds. The Morgan fingerprint density at radius 2 is 1.65 bits per heavy atom. The van der Waals surface area contributed by atoms with Crippen molar-refractivity contribution in [2.45, 2.75) is 50.1 Å². The highest BCUT2D eigenvalue weighted by Gasteiger charge is 2.33. The van der Waals surface area contributed by atoms with E-state index in [0.29, 0.717) is 13.0 Å². The minimum Gasteiger partial charge on any atom is -0.348 e. The molecule has 1 heterocycles. The topological polar surface area (TPSA) is 95.6 Å². The molecular formula is C23H29N3O4S. The maximum absolute atomic E-state index is 13.0. The van der Waals surface area contributed by atoms with Crippen molar-refractivity contribution in [3.63, 3.8) is 0 Å². The second-order valence-corrected chi connectivity index (χ2v) is 9.68. The first-order valence-corrected chi connectivity index (χ1v) is 12.0. The van der Waals surface area contributed by atoms with E-state index in [0.717, 1.165) is 30.4 Å². The average molecular weight is 444 g/mol.